The second-order valence-corrected chi connectivity index (χ2v) is 6.48. The van der Waals surface area contributed by atoms with Crippen LogP contribution in [0.3, 0.4) is 0 Å². The first-order valence-corrected chi connectivity index (χ1v) is 8.49. The molecule has 0 radical (unpaired) electrons. The average molecular weight is 374 g/mol. The largest absolute Gasteiger partial charge is 0.398 e. The lowest BCUT2D eigenvalue weighted by Crippen LogP contribution is -2.09. The Bertz CT molecular complexity index is 1330. The van der Waals surface area contributed by atoms with Crippen LogP contribution in [-0.4, -0.2) is 9.72 Å². The third kappa shape index (κ3) is 2.63. The summed E-state index contributed by atoms with van der Waals surface area (Å²) in [6.45, 7) is 3.63. The van der Waals surface area contributed by atoms with Crippen LogP contribution in [0.2, 0.25) is 0 Å². The van der Waals surface area contributed by atoms with E-state index in [9.17, 15) is 9.18 Å². The molecule has 7 heteroatoms. The minimum atomic E-state index is -0.613. The number of hydrogen-bond donors (Lipinski definition) is 1. The van der Waals surface area contributed by atoms with Gasteiger partial charge in [0.05, 0.1) is 28.1 Å². The van der Waals surface area contributed by atoms with Gasteiger partial charge >= 0.3 is 0 Å². The van der Waals surface area contributed by atoms with Crippen molar-refractivity contribution in [1.82, 2.24) is 9.72 Å². The van der Waals surface area contributed by atoms with Gasteiger partial charge in [-0.2, -0.15) is 5.26 Å². The number of nitriles is 1. The van der Waals surface area contributed by atoms with Gasteiger partial charge in [0.2, 0.25) is 0 Å². The van der Waals surface area contributed by atoms with Gasteiger partial charge in [-0.25, -0.2) is 4.39 Å². The highest BCUT2D eigenvalue weighted by molar-refractivity contribution is 5.86. The number of aryl methyl sites for hydroxylation is 2. The smallest absolute Gasteiger partial charge is 0.189 e. The quantitative estimate of drug-likeness (QED) is 0.537. The molecule has 138 valence electrons. The highest BCUT2D eigenvalue weighted by Gasteiger charge is 2.16. The van der Waals surface area contributed by atoms with E-state index in [1.165, 1.54) is 18.3 Å². The molecule has 2 N–H and O–H groups in total. The summed E-state index contributed by atoms with van der Waals surface area (Å²) in [5, 5.41) is 13.4. The van der Waals surface area contributed by atoms with Gasteiger partial charge in [0, 0.05) is 23.2 Å². The van der Waals surface area contributed by atoms with Crippen molar-refractivity contribution in [2.75, 3.05) is 5.73 Å². The molecule has 0 saturated heterocycles. The predicted molar refractivity (Wildman–Crippen MR) is 104 cm³/mol. The highest BCUT2D eigenvalue weighted by atomic mass is 19.1. The van der Waals surface area contributed by atoms with E-state index in [2.05, 4.69) is 5.16 Å². The zero-order valence-corrected chi connectivity index (χ0v) is 15.2. The van der Waals surface area contributed by atoms with Crippen molar-refractivity contribution in [1.29, 1.82) is 5.26 Å². The number of anilines is 1. The number of nitrogens with two attached hydrogens (primary N) is 1. The van der Waals surface area contributed by atoms with E-state index in [1.807, 2.05) is 19.1 Å². The fraction of sp³-hybridized carbons (Fsp3) is 0.0952. The lowest BCUT2D eigenvalue weighted by molar-refractivity contribution is 0.393. The summed E-state index contributed by atoms with van der Waals surface area (Å²) in [6, 6.07) is 11.0. The fourth-order valence-electron chi connectivity index (χ4n) is 3.37. The van der Waals surface area contributed by atoms with Crippen LogP contribution in [0.1, 0.15) is 17.0 Å². The second-order valence-electron chi connectivity index (χ2n) is 6.48. The molecule has 28 heavy (non-hydrogen) atoms. The maximum absolute atomic E-state index is 14.7. The summed E-state index contributed by atoms with van der Waals surface area (Å²) in [4.78, 5) is 12.3. The molecule has 0 fully saturated rings. The zero-order chi connectivity index (χ0) is 20.0. The normalized spacial score (nSPS) is 10.9. The molecule has 2 aromatic carbocycles. The molecule has 0 amide bonds. The van der Waals surface area contributed by atoms with Crippen LogP contribution in [-0.2, 0) is 0 Å². The van der Waals surface area contributed by atoms with E-state index in [0.717, 1.165) is 22.9 Å². The summed E-state index contributed by atoms with van der Waals surface area (Å²) in [7, 11) is 0. The van der Waals surface area contributed by atoms with Gasteiger partial charge in [0.25, 0.3) is 0 Å². The Hall–Kier alpha value is -3.92. The van der Waals surface area contributed by atoms with Crippen molar-refractivity contribution in [2.45, 2.75) is 13.8 Å². The van der Waals surface area contributed by atoms with Gasteiger partial charge in [-0.05, 0) is 43.7 Å². The maximum atomic E-state index is 14.7. The molecule has 0 aliphatic carbocycles. The first-order chi connectivity index (χ1) is 13.4. The zero-order valence-electron chi connectivity index (χ0n) is 15.2. The van der Waals surface area contributed by atoms with E-state index >= 15 is 0 Å². The van der Waals surface area contributed by atoms with Gasteiger partial charge in [-0.15, -0.1) is 0 Å². The highest BCUT2D eigenvalue weighted by Crippen LogP contribution is 2.30. The molecule has 0 bridgehead atoms. The standard InChI is InChI=1S/C21H15FN4O2/c1-11-21(12(2)28-25-11)13-3-4-15-18(8-13)26(6-5-20(15)27)19-9-17(24)14(10-23)7-16(19)22/h3-9H,24H2,1-2H3. The van der Waals surface area contributed by atoms with E-state index < -0.39 is 5.82 Å². The Balaban J connectivity index is 2.04. The molecule has 0 atom stereocenters. The Kier molecular flexibility index (Phi) is 3.97. The molecule has 0 saturated carbocycles. The Morgan fingerprint density at radius 2 is 2.00 bits per heavy atom. The summed E-state index contributed by atoms with van der Waals surface area (Å²) in [6.07, 6.45) is 1.49. The van der Waals surface area contributed by atoms with Gasteiger partial charge < -0.3 is 14.8 Å². The number of rotatable bonds is 2. The molecule has 0 aliphatic heterocycles. The van der Waals surface area contributed by atoms with Gasteiger partial charge in [-0.3, -0.25) is 4.79 Å². The summed E-state index contributed by atoms with van der Waals surface area (Å²) in [5.41, 5.74) is 8.91. The summed E-state index contributed by atoms with van der Waals surface area (Å²) < 4.78 is 21.5. The topological polar surface area (TPSA) is 97.8 Å². The number of nitrogen functional groups attached to an aromatic ring is 1. The number of halogens is 1. The lowest BCUT2D eigenvalue weighted by atomic mass is 10.0. The van der Waals surface area contributed by atoms with E-state index in [-0.39, 0.29) is 22.4 Å². The third-order valence-corrected chi connectivity index (χ3v) is 4.72. The molecule has 6 nitrogen and oxygen atoms in total. The molecule has 0 spiro atoms. The van der Waals surface area contributed by atoms with Crippen LogP contribution in [0.4, 0.5) is 10.1 Å². The molecule has 0 unspecified atom stereocenters. The van der Waals surface area contributed by atoms with Gasteiger partial charge in [0.15, 0.2) is 5.43 Å². The number of hydrogen-bond acceptors (Lipinski definition) is 5. The van der Waals surface area contributed by atoms with E-state index in [0.29, 0.717) is 16.7 Å². The van der Waals surface area contributed by atoms with Crippen LogP contribution >= 0.6 is 0 Å². The second kappa shape index (κ2) is 6.35. The number of fused-ring (bicyclic) bond motifs is 1. The van der Waals surface area contributed by atoms with Crippen LogP contribution in [0.5, 0.6) is 0 Å². The number of pyridine rings is 1. The van der Waals surface area contributed by atoms with Crippen LogP contribution in [0.15, 0.2) is 51.9 Å². The van der Waals surface area contributed by atoms with Gasteiger partial charge in [0.1, 0.15) is 17.6 Å². The summed E-state index contributed by atoms with van der Waals surface area (Å²) in [5.74, 6) is 0.0360. The molecule has 4 aromatic rings. The first kappa shape index (κ1) is 17.5. The van der Waals surface area contributed by atoms with Crippen molar-refractivity contribution in [3.63, 3.8) is 0 Å². The van der Waals surface area contributed by atoms with Crippen molar-refractivity contribution in [3.05, 3.63) is 75.7 Å². The van der Waals surface area contributed by atoms with Crippen molar-refractivity contribution >= 4 is 16.6 Å². The van der Waals surface area contributed by atoms with Crippen LogP contribution in [0.25, 0.3) is 27.7 Å². The van der Waals surface area contributed by atoms with Crippen molar-refractivity contribution in [3.8, 4) is 22.9 Å². The molecule has 0 aliphatic rings. The first-order valence-electron chi connectivity index (χ1n) is 8.49. The predicted octanol–water partition coefficient (Wildman–Crippen LogP) is 3.86. The van der Waals surface area contributed by atoms with Crippen molar-refractivity contribution < 1.29 is 8.91 Å². The minimum absolute atomic E-state index is 0.0583. The Morgan fingerprint density at radius 1 is 1.21 bits per heavy atom. The average Bonchev–Trinajstić information content (AvgIpc) is 3.02. The van der Waals surface area contributed by atoms with Gasteiger partial charge in [-0.1, -0.05) is 11.2 Å². The summed E-state index contributed by atoms with van der Waals surface area (Å²) >= 11 is 0. The lowest BCUT2D eigenvalue weighted by Gasteiger charge is -2.14. The van der Waals surface area contributed by atoms with E-state index in [4.69, 9.17) is 15.5 Å². The molecule has 2 heterocycles. The minimum Gasteiger partial charge on any atom is -0.398 e. The number of nitrogens with zero attached hydrogens (tertiary/aromatic N) is 3. The van der Waals surface area contributed by atoms with Crippen molar-refractivity contribution in [2.24, 2.45) is 0 Å². The number of benzene rings is 2. The SMILES string of the molecule is Cc1noc(C)c1-c1ccc2c(=O)ccn(-c3cc(N)c(C#N)cc3F)c2c1. The molecular formula is C21H15FN4O2. The van der Waals surface area contributed by atoms with Crippen LogP contribution < -0.4 is 11.2 Å². The fourth-order valence-corrected chi connectivity index (χ4v) is 3.37. The maximum Gasteiger partial charge on any atom is 0.189 e. The molecule has 2 aromatic heterocycles. The number of aromatic nitrogens is 2. The molecule has 4 rings (SSSR count). The monoisotopic (exact) mass is 374 g/mol. The Labute approximate surface area is 159 Å². The van der Waals surface area contributed by atoms with E-state index in [1.54, 1.807) is 23.6 Å². The molecular weight excluding hydrogens is 359 g/mol. The Morgan fingerprint density at radius 3 is 2.68 bits per heavy atom. The third-order valence-electron chi connectivity index (χ3n) is 4.72. The van der Waals surface area contributed by atoms with Crippen LogP contribution in [0, 0.1) is 31.0 Å².